The Balaban J connectivity index is 4.21. The SMILES string of the molecule is CCCCCCCCCCCCC(=O)O[C@H](COC(=O)CCCCCCCCCCCCCCCCCCC(C)C)COC(=O)CCCCCCCCCCCCCCCC(C)C. The highest BCUT2D eigenvalue weighted by atomic mass is 16.6. The number of hydrogen-bond donors (Lipinski definition) is 0. The zero-order chi connectivity index (χ0) is 46.1. The minimum absolute atomic E-state index is 0.0629. The van der Waals surface area contributed by atoms with Gasteiger partial charge in [-0.1, -0.05) is 279 Å². The van der Waals surface area contributed by atoms with E-state index in [2.05, 4.69) is 34.6 Å². The molecule has 0 aromatic carbocycles. The normalized spacial score (nSPS) is 12.0. The molecule has 6 nitrogen and oxygen atoms in total. The van der Waals surface area contributed by atoms with E-state index in [0.29, 0.717) is 19.3 Å². The lowest BCUT2D eigenvalue weighted by molar-refractivity contribution is -0.167. The summed E-state index contributed by atoms with van der Waals surface area (Å²) in [4.78, 5) is 38.0. The van der Waals surface area contributed by atoms with Gasteiger partial charge in [-0.2, -0.15) is 0 Å². The zero-order valence-electron chi connectivity index (χ0n) is 43.2. The number of rotatable bonds is 51. The van der Waals surface area contributed by atoms with Crippen molar-refractivity contribution in [3.05, 3.63) is 0 Å². The molecular weight excluding hydrogens is 781 g/mol. The molecule has 0 fully saturated rings. The lowest BCUT2D eigenvalue weighted by atomic mass is 10.0. The van der Waals surface area contributed by atoms with Crippen molar-refractivity contribution in [2.24, 2.45) is 11.8 Å². The fourth-order valence-corrected chi connectivity index (χ4v) is 8.70. The van der Waals surface area contributed by atoms with Gasteiger partial charge in [-0.05, 0) is 31.1 Å². The average Bonchev–Trinajstić information content (AvgIpc) is 3.25. The van der Waals surface area contributed by atoms with E-state index in [9.17, 15) is 14.4 Å². The molecule has 0 aromatic heterocycles. The molecule has 0 rings (SSSR count). The Morgan fingerprint density at radius 3 is 0.778 bits per heavy atom. The summed E-state index contributed by atoms with van der Waals surface area (Å²) >= 11 is 0. The molecular formula is C57H110O6. The van der Waals surface area contributed by atoms with Crippen LogP contribution in [0.15, 0.2) is 0 Å². The molecule has 0 spiro atoms. The Kier molecular flexibility index (Phi) is 48.6. The molecule has 0 saturated carbocycles. The fourth-order valence-electron chi connectivity index (χ4n) is 8.70. The first-order chi connectivity index (χ1) is 30.7. The lowest BCUT2D eigenvalue weighted by Gasteiger charge is -2.18. The predicted molar refractivity (Wildman–Crippen MR) is 270 cm³/mol. The van der Waals surface area contributed by atoms with Gasteiger partial charge < -0.3 is 14.2 Å². The molecule has 0 saturated heterocycles. The van der Waals surface area contributed by atoms with Gasteiger partial charge >= 0.3 is 17.9 Å². The van der Waals surface area contributed by atoms with Crippen LogP contribution in [0.1, 0.15) is 317 Å². The first-order valence-corrected chi connectivity index (χ1v) is 28.2. The summed E-state index contributed by atoms with van der Waals surface area (Å²) in [5, 5.41) is 0. The Hall–Kier alpha value is -1.59. The van der Waals surface area contributed by atoms with Crippen molar-refractivity contribution in [1.29, 1.82) is 0 Å². The quantitative estimate of drug-likeness (QED) is 0.0344. The van der Waals surface area contributed by atoms with Crippen molar-refractivity contribution < 1.29 is 28.6 Å². The Bertz CT molecular complexity index is 962. The van der Waals surface area contributed by atoms with Crippen LogP contribution >= 0.6 is 0 Å². The van der Waals surface area contributed by atoms with E-state index in [-0.39, 0.29) is 31.1 Å². The maximum absolute atomic E-state index is 12.8. The number of carbonyl (C=O) groups excluding carboxylic acids is 3. The van der Waals surface area contributed by atoms with Crippen molar-refractivity contribution in [1.82, 2.24) is 0 Å². The fraction of sp³-hybridized carbons (Fsp3) is 0.947. The molecule has 6 heteroatoms. The van der Waals surface area contributed by atoms with Crippen LogP contribution in [-0.2, 0) is 28.6 Å². The number of esters is 3. The van der Waals surface area contributed by atoms with Crippen LogP contribution in [0.4, 0.5) is 0 Å². The zero-order valence-corrected chi connectivity index (χ0v) is 43.2. The van der Waals surface area contributed by atoms with Gasteiger partial charge in [-0.3, -0.25) is 14.4 Å². The molecule has 0 amide bonds. The van der Waals surface area contributed by atoms with Crippen LogP contribution in [0.2, 0.25) is 0 Å². The molecule has 0 aromatic rings. The second-order valence-corrected chi connectivity index (χ2v) is 20.5. The van der Waals surface area contributed by atoms with Crippen molar-refractivity contribution in [3.8, 4) is 0 Å². The summed E-state index contributed by atoms with van der Waals surface area (Å²) in [6, 6.07) is 0. The predicted octanol–water partition coefficient (Wildman–Crippen LogP) is 18.5. The average molecular weight is 892 g/mol. The van der Waals surface area contributed by atoms with E-state index in [4.69, 9.17) is 14.2 Å². The Morgan fingerprint density at radius 2 is 0.524 bits per heavy atom. The standard InChI is InChI=1S/C57H110O6/c1-6-7-8-9-10-11-27-34-39-44-49-57(60)63-54(51-62-56(59)48-43-38-33-29-24-20-16-18-22-26-31-36-41-46-53(4)5)50-61-55(58)47-42-37-32-28-23-19-15-13-12-14-17-21-25-30-35-40-45-52(2)3/h52-54H,6-51H2,1-5H3/t54-/m1/s1. The first-order valence-electron chi connectivity index (χ1n) is 28.2. The molecule has 1 atom stereocenters. The maximum Gasteiger partial charge on any atom is 0.306 e. The van der Waals surface area contributed by atoms with Crippen LogP contribution in [-0.4, -0.2) is 37.2 Å². The van der Waals surface area contributed by atoms with E-state index in [1.165, 1.54) is 205 Å². The maximum atomic E-state index is 12.8. The molecule has 63 heavy (non-hydrogen) atoms. The van der Waals surface area contributed by atoms with Crippen molar-refractivity contribution in [2.75, 3.05) is 13.2 Å². The number of ether oxygens (including phenoxy) is 3. The molecule has 374 valence electrons. The molecule has 0 bridgehead atoms. The molecule has 0 N–H and O–H groups in total. The van der Waals surface area contributed by atoms with Crippen LogP contribution in [0.25, 0.3) is 0 Å². The van der Waals surface area contributed by atoms with Gasteiger partial charge in [-0.25, -0.2) is 0 Å². The third kappa shape index (κ3) is 51.3. The summed E-state index contributed by atoms with van der Waals surface area (Å²) in [7, 11) is 0. The van der Waals surface area contributed by atoms with Crippen LogP contribution in [0.3, 0.4) is 0 Å². The lowest BCUT2D eigenvalue weighted by Crippen LogP contribution is -2.30. The van der Waals surface area contributed by atoms with Gasteiger partial charge in [0.05, 0.1) is 0 Å². The van der Waals surface area contributed by atoms with E-state index in [0.717, 1.165) is 69.6 Å². The van der Waals surface area contributed by atoms with Gasteiger partial charge in [0.15, 0.2) is 6.10 Å². The van der Waals surface area contributed by atoms with Gasteiger partial charge in [0, 0.05) is 19.3 Å². The highest BCUT2D eigenvalue weighted by Crippen LogP contribution is 2.18. The molecule has 0 unspecified atom stereocenters. The topological polar surface area (TPSA) is 78.9 Å². The molecule has 0 heterocycles. The van der Waals surface area contributed by atoms with E-state index in [1.807, 2.05) is 0 Å². The van der Waals surface area contributed by atoms with Gasteiger partial charge in [0.2, 0.25) is 0 Å². The third-order valence-corrected chi connectivity index (χ3v) is 13.0. The monoisotopic (exact) mass is 891 g/mol. The van der Waals surface area contributed by atoms with E-state index < -0.39 is 6.10 Å². The third-order valence-electron chi connectivity index (χ3n) is 13.0. The number of unbranched alkanes of at least 4 members (excludes halogenated alkanes) is 36. The minimum atomic E-state index is -0.761. The summed E-state index contributed by atoms with van der Waals surface area (Å²) in [6.45, 7) is 11.4. The Labute approximate surface area is 393 Å². The summed E-state index contributed by atoms with van der Waals surface area (Å²) in [5.41, 5.74) is 0. The van der Waals surface area contributed by atoms with Gasteiger partial charge in [-0.15, -0.1) is 0 Å². The van der Waals surface area contributed by atoms with Crippen molar-refractivity contribution >= 4 is 17.9 Å². The Morgan fingerprint density at radius 1 is 0.302 bits per heavy atom. The summed E-state index contributed by atoms with van der Waals surface area (Å²) < 4.78 is 16.8. The number of hydrogen-bond acceptors (Lipinski definition) is 6. The summed E-state index contributed by atoms with van der Waals surface area (Å²) in [5.74, 6) is 0.850. The van der Waals surface area contributed by atoms with Crippen LogP contribution in [0, 0.1) is 11.8 Å². The van der Waals surface area contributed by atoms with E-state index >= 15 is 0 Å². The largest absolute Gasteiger partial charge is 0.462 e. The second-order valence-electron chi connectivity index (χ2n) is 20.5. The highest BCUT2D eigenvalue weighted by Gasteiger charge is 2.19. The molecule has 0 aliphatic heterocycles. The van der Waals surface area contributed by atoms with Crippen LogP contribution < -0.4 is 0 Å². The van der Waals surface area contributed by atoms with Crippen LogP contribution in [0.5, 0.6) is 0 Å². The summed E-state index contributed by atoms with van der Waals surface area (Å²) in [6.07, 6.45) is 52.4. The minimum Gasteiger partial charge on any atom is -0.462 e. The molecule has 0 aliphatic carbocycles. The van der Waals surface area contributed by atoms with Crippen molar-refractivity contribution in [2.45, 2.75) is 323 Å². The molecule has 0 aliphatic rings. The van der Waals surface area contributed by atoms with Crippen molar-refractivity contribution in [3.63, 3.8) is 0 Å². The van der Waals surface area contributed by atoms with E-state index in [1.54, 1.807) is 0 Å². The first kappa shape index (κ1) is 61.4. The highest BCUT2D eigenvalue weighted by molar-refractivity contribution is 5.71. The number of carbonyl (C=O) groups is 3. The molecule has 0 radical (unpaired) electrons. The second kappa shape index (κ2) is 49.8. The smallest absolute Gasteiger partial charge is 0.306 e. The van der Waals surface area contributed by atoms with Gasteiger partial charge in [0.25, 0.3) is 0 Å². The van der Waals surface area contributed by atoms with Gasteiger partial charge in [0.1, 0.15) is 13.2 Å².